The molecule has 1 N–H and O–H groups in total. The van der Waals surface area contributed by atoms with Gasteiger partial charge in [0.2, 0.25) is 0 Å². The lowest BCUT2D eigenvalue weighted by molar-refractivity contribution is -0.141. The molecule has 8 heteroatoms. The van der Waals surface area contributed by atoms with E-state index in [-0.39, 0.29) is 18.0 Å². The number of aliphatic carboxylic acids is 1. The standard InChI is InChI=1S/C24H17BrF3NO3/c25-17-11-7-15(8-12-17)21-20(23(31)32)18-3-1-2-4-19(18)22(30)29(21)13-14-5-9-16(10-6-14)24(26,27)28/h1-12,20-21H,13H2,(H,31,32). The van der Waals surface area contributed by atoms with Crippen LogP contribution >= 0.6 is 15.9 Å². The molecule has 4 nitrogen and oxygen atoms in total. The number of alkyl halides is 3. The molecule has 3 aromatic rings. The molecule has 4 rings (SSSR count). The number of rotatable bonds is 4. The predicted molar refractivity (Wildman–Crippen MR) is 115 cm³/mol. The quantitative estimate of drug-likeness (QED) is 0.472. The average Bonchev–Trinajstić information content (AvgIpc) is 2.75. The summed E-state index contributed by atoms with van der Waals surface area (Å²) in [5.74, 6) is -2.49. The summed E-state index contributed by atoms with van der Waals surface area (Å²) in [5.41, 5.74) is 0.999. The van der Waals surface area contributed by atoms with Crippen molar-refractivity contribution in [3.05, 3.63) is 105 Å². The molecule has 0 aliphatic carbocycles. The fraction of sp³-hybridized carbons (Fsp3) is 0.167. The monoisotopic (exact) mass is 503 g/mol. The first-order valence-corrected chi connectivity index (χ1v) is 10.5. The molecule has 2 unspecified atom stereocenters. The SMILES string of the molecule is O=C(O)C1c2ccccc2C(=O)N(Cc2ccc(C(F)(F)F)cc2)C1c1ccc(Br)cc1. The third-order valence-electron chi connectivity index (χ3n) is 5.55. The summed E-state index contributed by atoms with van der Waals surface area (Å²) in [7, 11) is 0. The summed E-state index contributed by atoms with van der Waals surface area (Å²) >= 11 is 3.35. The van der Waals surface area contributed by atoms with Crippen LogP contribution in [0.2, 0.25) is 0 Å². The van der Waals surface area contributed by atoms with E-state index >= 15 is 0 Å². The van der Waals surface area contributed by atoms with E-state index < -0.39 is 29.7 Å². The van der Waals surface area contributed by atoms with Crippen molar-refractivity contribution in [1.82, 2.24) is 4.90 Å². The van der Waals surface area contributed by atoms with Crippen molar-refractivity contribution in [2.45, 2.75) is 24.7 Å². The summed E-state index contributed by atoms with van der Waals surface area (Å²) in [6.45, 7) is -0.0319. The van der Waals surface area contributed by atoms with Crippen LogP contribution in [0.1, 0.15) is 44.6 Å². The minimum atomic E-state index is -4.47. The van der Waals surface area contributed by atoms with Crippen LogP contribution in [0.15, 0.2) is 77.3 Å². The van der Waals surface area contributed by atoms with Gasteiger partial charge < -0.3 is 10.0 Å². The molecule has 0 bridgehead atoms. The zero-order chi connectivity index (χ0) is 23.0. The number of carbonyl (C=O) groups is 2. The molecular weight excluding hydrogens is 487 g/mol. The van der Waals surface area contributed by atoms with Gasteiger partial charge in [-0.2, -0.15) is 13.2 Å². The van der Waals surface area contributed by atoms with E-state index in [1.165, 1.54) is 17.0 Å². The Labute approximate surface area is 190 Å². The van der Waals surface area contributed by atoms with E-state index in [0.717, 1.165) is 16.6 Å². The van der Waals surface area contributed by atoms with Gasteiger partial charge in [0, 0.05) is 16.6 Å². The summed E-state index contributed by atoms with van der Waals surface area (Å²) in [6.07, 6.45) is -4.47. The number of carboxylic acid groups (broad SMARTS) is 1. The van der Waals surface area contributed by atoms with Gasteiger partial charge in [0.05, 0.1) is 11.6 Å². The van der Waals surface area contributed by atoms with Crippen molar-refractivity contribution < 1.29 is 27.9 Å². The number of hydrogen-bond donors (Lipinski definition) is 1. The fourth-order valence-corrected chi connectivity index (χ4v) is 4.32. The van der Waals surface area contributed by atoms with Gasteiger partial charge in [-0.15, -0.1) is 0 Å². The molecular formula is C24H17BrF3NO3. The highest BCUT2D eigenvalue weighted by atomic mass is 79.9. The van der Waals surface area contributed by atoms with Crippen LogP contribution in [0.4, 0.5) is 13.2 Å². The van der Waals surface area contributed by atoms with Gasteiger partial charge in [-0.3, -0.25) is 9.59 Å². The third kappa shape index (κ3) is 4.14. The summed E-state index contributed by atoms with van der Waals surface area (Å²) < 4.78 is 39.6. The maximum Gasteiger partial charge on any atom is 0.416 e. The van der Waals surface area contributed by atoms with E-state index in [2.05, 4.69) is 15.9 Å². The van der Waals surface area contributed by atoms with Gasteiger partial charge in [0.25, 0.3) is 5.91 Å². The van der Waals surface area contributed by atoms with Crippen LogP contribution in [0.25, 0.3) is 0 Å². The molecule has 1 amide bonds. The second-order valence-electron chi connectivity index (χ2n) is 7.53. The summed E-state index contributed by atoms with van der Waals surface area (Å²) in [6, 6.07) is 17.3. The lowest BCUT2D eigenvalue weighted by Gasteiger charge is -2.41. The maximum absolute atomic E-state index is 13.4. The van der Waals surface area contributed by atoms with Gasteiger partial charge >= 0.3 is 12.1 Å². The zero-order valence-corrected chi connectivity index (χ0v) is 18.1. The topological polar surface area (TPSA) is 57.6 Å². The van der Waals surface area contributed by atoms with Crippen LogP contribution in [0.3, 0.4) is 0 Å². The second-order valence-corrected chi connectivity index (χ2v) is 8.44. The summed E-state index contributed by atoms with van der Waals surface area (Å²) in [4.78, 5) is 27.2. The Morgan fingerprint density at radius 3 is 2.19 bits per heavy atom. The maximum atomic E-state index is 13.4. The molecule has 0 radical (unpaired) electrons. The molecule has 0 spiro atoms. The van der Waals surface area contributed by atoms with Crippen molar-refractivity contribution >= 4 is 27.8 Å². The highest BCUT2D eigenvalue weighted by Gasteiger charge is 2.44. The first kappa shape index (κ1) is 22.1. The Kier molecular flexibility index (Phi) is 5.81. The van der Waals surface area contributed by atoms with E-state index in [1.54, 1.807) is 48.5 Å². The summed E-state index contributed by atoms with van der Waals surface area (Å²) in [5, 5.41) is 10.1. The number of hydrogen-bond acceptors (Lipinski definition) is 2. The van der Waals surface area contributed by atoms with Gasteiger partial charge in [-0.25, -0.2) is 0 Å². The van der Waals surface area contributed by atoms with Gasteiger partial charge in [-0.1, -0.05) is 58.4 Å². The number of carbonyl (C=O) groups excluding carboxylic acids is 1. The van der Waals surface area contributed by atoms with Crippen LogP contribution in [0, 0.1) is 0 Å². The number of carboxylic acids is 1. The third-order valence-corrected chi connectivity index (χ3v) is 6.08. The Morgan fingerprint density at radius 1 is 0.969 bits per heavy atom. The number of halogens is 4. The van der Waals surface area contributed by atoms with Crippen molar-refractivity contribution in [3.63, 3.8) is 0 Å². The van der Waals surface area contributed by atoms with E-state index in [9.17, 15) is 27.9 Å². The van der Waals surface area contributed by atoms with E-state index in [1.807, 2.05) is 0 Å². The molecule has 0 fully saturated rings. The number of benzene rings is 3. The minimum Gasteiger partial charge on any atom is -0.481 e. The molecule has 3 aromatic carbocycles. The van der Waals surface area contributed by atoms with Gasteiger partial charge in [0.1, 0.15) is 5.92 Å². The minimum absolute atomic E-state index is 0.0319. The van der Waals surface area contributed by atoms with Crippen LogP contribution in [-0.4, -0.2) is 21.9 Å². The predicted octanol–water partition coefficient (Wildman–Crippen LogP) is 6.03. The first-order chi connectivity index (χ1) is 15.2. The molecule has 2 atom stereocenters. The van der Waals surface area contributed by atoms with E-state index in [0.29, 0.717) is 16.7 Å². The lowest BCUT2D eigenvalue weighted by atomic mass is 9.79. The van der Waals surface area contributed by atoms with Crippen molar-refractivity contribution in [2.75, 3.05) is 0 Å². The van der Waals surface area contributed by atoms with E-state index in [4.69, 9.17) is 0 Å². The largest absolute Gasteiger partial charge is 0.481 e. The highest BCUT2D eigenvalue weighted by molar-refractivity contribution is 9.10. The van der Waals surface area contributed by atoms with Crippen LogP contribution in [-0.2, 0) is 17.5 Å². The number of fused-ring (bicyclic) bond motifs is 1. The molecule has 1 aliphatic rings. The van der Waals surface area contributed by atoms with Crippen molar-refractivity contribution in [2.24, 2.45) is 0 Å². The normalized spacial score (nSPS) is 18.4. The lowest BCUT2D eigenvalue weighted by Crippen LogP contribution is -2.44. The van der Waals surface area contributed by atoms with Crippen LogP contribution < -0.4 is 0 Å². The average molecular weight is 504 g/mol. The highest BCUT2D eigenvalue weighted by Crippen LogP contribution is 2.44. The molecule has 0 aromatic heterocycles. The molecule has 1 aliphatic heterocycles. The Hall–Kier alpha value is -3.13. The van der Waals surface area contributed by atoms with Crippen molar-refractivity contribution in [1.29, 1.82) is 0 Å². The Balaban J connectivity index is 1.81. The van der Waals surface area contributed by atoms with Gasteiger partial charge in [0.15, 0.2) is 0 Å². The molecule has 32 heavy (non-hydrogen) atoms. The Bertz CT molecular complexity index is 1160. The smallest absolute Gasteiger partial charge is 0.416 e. The zero-order valence-electron chi connectivity index (χ0n) is 16.5. The Morgan fingerprint density at radius 2 is 1.59 bits per heavy atom. The molecule has 1 heterocycles. The molecule has 164 valence electrons. The van der Waals surface area contributed by atoms with Crippen molar-refractivity contribution in [3.8, 4) is 0 Å². The van der Waals surface area contributed by atoms with Gasteiger partial charge in [-0.05, 0) is 47.0 Å². The first-order valence-electron chi connectivity index (χ1n) is 9.71. The number of nitrogens with zero attached hydrogens (tertiary/aromatic N) is 1. The fourth-order valence-electron chi connectivity index (χ4n) is 4.06. The molecule has 0 saturated carbocycles. The molecule has 0 saturated heterocycles. The number of amides is 1. The second kappa shape index (κ2) is 8.43. The van der Waals surface area contributed by atoms with Crippen LogP contribution in [0.5, 0.6) is 0 Å².